The Morgan fingerprint density at radius 1 is 1.19 bits per heavy atom. The van der Waals surface area contributed by atoms with Crippen molar-refractivity contribution >= 4 is 5.69 Å². The molecule has 0 unspecified atom stereocenters. The number of ether oxygens (including phenoxy) is 1. The third-order valence-corrected chi connectivity index (χ3v) is 3.07. The second-order valence-electron chi connectivity index (χ2n) is 4.39. The minimum absolute atomic E-state index is 0.00578. The monoisotopic (exact) mass is 288 g/mol. The zero-order valence-corrected chi connectivity index (χ0v) is 11.4. The molecular weight excluding hydrogens is 274 g/mol. The molecule has 0 radical (unpaired) electrons. The van der Waals surface area contributed by atoms with E-state index in [1.807, 2.05) is 0 Å². The fourth-order valence-electron chi connectivity index (χ4n) is 1.95. The first-order valence-corrected chi connectivity index (χ1v) is 6.33. The normalized spacial score (nSPS) is 10.2. The summed E-state index contributed by atoms with van der Waals surface area (Å²) in [5, 5.41) is 12.2. The largest absolute Gasteiger partial charge is 0.495 e. The van der Waals surface area contributed by atoms with Crippen LogP contribution in [0.25, 0.3) is 0 Å². The highest BCUT2D eigenvalue weighted by Crippen LogP contribution is 2.28. The van der Waals surface area contributed by atoms with Crippen LogP contribution < -0.4 is 10.1 Å². The predicted molar refractivity (Wildman–Crippen MR) is 76.4 cm³/mol. The Bertz CT molecular complexity index is 648. The van der Waals surface area contributed by atoms with Crippen molar-refractivity contribution in [3.05, 3.63) is 59.2 Å². The molecular formula is C16H14F2N2O. The lowest BCUT2D eigenvalue weighted by atomic mass is 10.1. The van der Waals surface area contributed by atoms with Crippen molar-refractivity contribution in [3.63, 3.8) is 0 Å². The van der Waals surface area contributed by atoms with Gasteiger partial charge in [0.25, 0.3) is 6.43 Å². The summed E-state index contributed by atoms with van der Waals surface area (Å²) in [6.45, 7) is 0.415. The molecule has 0 aliphatic carbocycles. The number of rotatable bonds is 5. The van der Waals surface area contributed by atoms with E-state index < -0.39 is 6.43 Å². The smallest absolute Gasteiger partial charge is 0.263 e. The zero-order valence-electron chi connectivity index (χ0n) is 11.4. The Hall–Kier alpha value is -2.61. The third kappa shape index (κ3) is 3.48. The summed E-state index contributed by atoms with van der Waals surface area (Å²) in [6, 6.07) is 13.3. The van der Waals surface area contributed by atoms with Gasteiger partial charge in [-0.05, 0) is 17.7 Å². The molecule has 0 saturated heterocycles. The molecule has 0 fully saturated rings. The van der Waals surface area contributed by atoms with Gasteiger partial charge in [0.05, 0.1) is 18.4 Å². The number of hydrogen-bond donors (Lipinski definition) is 1. The van der Waals surface area contributed by atoms with Crippen LogP contribution in [0.3, 0.4) is 0 Å². The highest BCUT2D eigenvalue weighted by atomic mass is 19.3. The maximum Gasteiger partial charge on any atom is 0.263 e. The van der Waals surface area contributed by atoms with Crippen molar-refractivity contribution in [1.82, 2.24) is 0 Å². The number of nitrogens with zero attached hydrogens (tertiary/aromatic N) is 1. The van der Waals surface area contributed by atoms with E-state index in [1.165, 1.54) is 19.2 Å². The molecule has 108 valence electrons. The van der Waals surface area contributed by atoms with Gasteiger partial charge in [0.15, 0.2) is 0 Å². The zero-order chi connectivity index (χ0) is 15.2. The maximum atomic E-state index is 12.5. The van der Waals surface area contributed by atoms with Crippen LogP contribution in [0.2, 0.25) is 0 Å². The molecule has 0 spiro atoms. The second-order valence-corrected chi connectivity index (χ2v) is 4.39. The predicted octanol–water partition coefficient (Wildman–Crippen LogP) is 4.12. The molecule has 0 heterocycles. The van der Waals surface area contributed by atoms with Crippen molar-refractivity contribution < 1.29 is 13.5 Å². The Balaban J connectivity index is 2.15. The lowest BCUT2D eigenvalue weighted by Gasteiger charge is -2.13. The van der Waals surface area contributed by atoms with Crippen molar-refractivity contribution in [2.75, 3.05) is 12.4 Å². The third-order valence-electron chi connectivity index (χ3n) is 3.07. The number of para-hydroxylation sites is 1. The van der Waals surface area contributed by atoms with E-state index in [2.05, 4.69) is 11.4 Å². The number of methoxy groups -OCH3 is 1. The van der Waals surface area contributed by atoms with Crippen LogP contribution >= 0.6 is 0 Å². The van der Waals surface area contributed by atoms with Gasteiger partial charge in [0.1, 0.15) is 11.8 Å². The van der Waals surface area contributed by atoms with Gasteiger partial charge >= 0.3 is 0 Å². The van der Waals surface area contributed by atoms with E-state index in [4.69, 9.17) is 10.00 Å². The first-order chi connectivity index (χ1) is 10.2. The standard InChI is InChI=1S/C16H14F2N2O/c1-21-14-4-2-3-13(9-19)15(14)20-10-11-5-7-12(8-6-11)16(17)18/h2-8,16,20H,10H2,1H3. The van der Waals surface area contributed by atoms with Gasteiger partial charge in [0, 0.05) is 12.1 Å². The highest BCUT2D eigenvalue weighted by Gasteiger charge is 2.09. The molecule has 0 atom stereocenters. The van der Waals surface area contributed by atoms with Gasteiger partial charge in [0.2, 0.25) is 0 Å². The molecule has 5 heteroatoms. The Kier molecular flexibility index (Phi) is 4.72. The van der Waals surface area contributed by atoms with E-state index in [-0.39, 0.29) is 5.56 Å². The quantitative estimate of drug-likeness (QED) is 0.900. The molecule has 1 N–H and O–H groups in total. The molecule has 0 aromatic heterocycles. The van der Waals surface area contributed by atoms with E-state index in [1.54, 1.807) is 30.3 Å². The summed E-state index contributed by atoms with van der Waals surface area (Å²) in [5.41, 5.74) is 1.90. The summed E-state index contributed by atoms with van der Waals surface area (Å²) in [4.78, 5) is 0. The van der Waals surface area contributed by atoms with E-state index in [0.29, 0.717) is 23.5 Å². The molecule has 3 nitrogen and oxygen atoms in total. The number of anilines is 1. The first-order valence-electron chi connectivity index (χ1n) is 6.33. The molecule has 0 aliphatic heterocycles. The Morgan fingerprint density at radius 3 is 2.48 bits per heavy atom. The number of nitrogens with one attached hydrogen (secondary N) is 1. The fourth-order valence-corrected chi connectivity index (χ4v) is 1.95. The molecule has 2 aromatic rings. The van der Waals surface area contributed by atoms with Crippen LogP contribution in [-0.2, 0) is 6.54 Å². The van der Waals surface area contributed by atoms with Crippen molar-refractivity contribution in [3.8, 4) is 11.8 Å². The van der Waals surface area contributed by atoms with Crippen LogP contribution in [-0.4, -0.2) is 7.11 Å². The topological polar surface area (TPSA) is 45.0 Å². The molecule has 0 amide bonds. The number of alkyl halides is 2. The summed E-state index contributed by atoms with van der Waals surface area (Å²) >= 11 is 0. The molecule has 0 bridgehead atoms. The lowest BCUT2D eigenvalue weighted by Crippen LogP contribution is -2.03. The first kappa shape index (κ1) is 14.8. The average molecular weight is 288 g/mol. The molecule has 21 heavy (non-hydrogen) atoms. The van der Waals surface area contributed by atoms with Crippen LogP contribution in [0.1, 0.15) is 23.1 Å². The van der Waals surface area contributed by atoms with Gasteiger partial charge in [-0.2, -0.15) is 5.26 Å². The summed E-state index contributed by atoms with van der Waals surface area (Å²) in [7, 11) is 1.53. The van der Waals surface area contributed by atoms with Gasteiger partial charge in [-0.15, -0.1) is 0 Å². The summed E-state index contributed by atoms with van der Waals surface area (Å²) in [6.07, 6.45) is -2.47. The van der Waals surface area contributed by atoms with Crippen LogP contribution in [0.15, 0.2) is 42.5 Å². The van der Waals surface area contributed by atoms with E-state index >= 15 is 0 Å². The SMILES string of the molecule is COc1cccc(C#N)c1NCc1ccc(C(F)F)cc1. The molecule has 2 aromatic carbocycles. The van der Waals surface area contributed by atoms with Crippen molar-refractivity contribution in [2.45, 2.75) is 13.0 Å². The van der Waals surface area contributed by atoms with Gasteiger partial charge < -0.3 is 10.1 Å². The summed E-state index contributed by atoms with van der Waals surface area (Å²) in [5.74, 6) is 0.568. The van der Waals surface area contributed by atoms with E-state index in [9.17, 15) is 8.78 Å². The van der Waals surface area contributed by atoms with Crippen LogP contribution in [0.5, 0.6) is 5.75 Å². The van der Waals surface area contributed by atoms with Crippen molar-refractivity contribution in [1.29, 1.82) is 5.26 Å². The fraction of sp³-hybridized carbons (Fsp3) is 0.188. The Morgan fingerprint density at radius 2 is 1.90 bits per heavy atom. The van der Waals surface area contributed by atoms with Gasteiger partial charge in [-0.25, -0.2) is 8.78 Å². The molecule has 0 aliphatic rings. The molecule has 2 rings (SSSR count). The van der Waals surface area contributed by atoms with Gasteiger partial charge in [-0.3, -0.25) is 0 Å². The van der Waals surface area contributed by atoms with Gasteiger partial charge in [-0.1, -0.05) is 30.3 Å². The number of hydrogen-bond acceptors (Lipinski definition) is 3. The highest BCUT2D eigenvalue weighted by molar-refractivity contribution is 5.66. The summed E-state index contributed by atoms with van der Waals surface area (Å²) < 4.78 is 30.2. The van der Waals surface area contributed by atoms with Crippen molar-refractivity contribution in [2.24, 2.45) is 0 Å². The Labute approximate surface area is 121 Å². The average Bonchev–Trinajstić information content (AvgIpc) is 2.52. The van der Waals surface area contributed by atoms with Crippen LogP contribution in [0.4, 0.5) is 14.5 Å². The minimum Gasteiger partial charge on any atom is -0.495 e. The number of halogens is 2. The second kappa shape index (κ2) is 6.71. The number of nitriles is 1. The van der Waals surface area contributed by atoms with E-state index in [0.717, 1.165) is 5.56 Å². The lowest BCUT2D eigenvalue weighted by molar-refractivity contribution is 0.151. The number of benzene rings is 2. The maximum absolute atomic E-state index is 12.5. The molecule has 0 saturated carbocycles. The van der Waals surface area contributed by atoms with Crippen LogP contribution in [0, 0.1) is 11.3 Å². The minimum atomic E-state index is -2.47.